The lowest BCUT2D eigenvalue weighted by atomic mass is 10.1. The van der Waals surface area contributed by atoms with E-state index in [1.54, 1.807) is 12.0 Å². The molecule has 1 aliphatic rings. The molecule has 0 saturated carbocycles. The third kappa shape index (κ3) is 3.44. The lowest BCUT2D eigenvalue weighted by molar-refractivity contribution is 0.411. The second kappa shape index (κ2) is 7.32. The molecule has 0 fully saturated rings. The van der Waals surface area contributed by atoms with Gasteiger partial charge in [0.2, 0.25) is 0 Å². The molecule has 2 aromatic carbocycles. The Morgan fingerprint density at radius 3 is 2.70 bits per heavy atom. The van der Waals surface area contributed by atoms with Crippen molar-refractivity contribution < 1.29 is 9.84 Å². The topological polar surface area (TPSA) is 69.4 Å². The fourth-order valence-corrected chi connectivity index (χ4v) is 4.37. The van der Waals surface area contributed by atoms with Crippen molar-refractivity contribution in [2.75, 3.05) is 18.6 Å². The van der Waals surface area contributed by atoms with E-state index < -0.39 is 0 Å². The number of amidine groups is 1. The Morgan fingerprint density at radius 1 is 1.22 bits per heavy atom. The number of hydrogen-bond donors (Lipinski definition) is 2. The molecule has 3 aromatic rings. The van der Waals surface area contributed by atoms with Gasteiger partial charge in [-0.2, -0.15) is 0 Å². The minimum atomic E-state index is 0.175. The quantitative estimate of drug-likeness (QED) is 0.495. The molecule has 0 saturated heterocycles. The Balaban J connectivity index is 1.62. The van der Waals surface area contributed by atoms with Gasteiger partial charge >= 0.3 is 0 Å². The molecule has 0 radical (unpaired) electrons. The van der Waals surface area contributed by atoms with Crippen LogP contribution < -0.4 is 9.64 Å². The summed E-state index contributed by atoms with van der Waals surface area (Å²) in [5, 5.41) is 21.7. The van der Waals surface area contributed by atoms with Crippen LogP contribution in [0.4, 0.5) is 5.69 Å². The molecule has 4 rings (SSSR count). The van der Waals surface area contributed by atoms with Crippen molar-refractivity contribution in [1.82, 2.24) is 4.98 Å². The van der Waals surface area contributed by atoms with Crippen molar-refractivity contribution in [1.29, 1.82) is 5.41 Å². The fourth-order valence-electron chi connectivity index (χ4n) is 2.95. The predicted octanol–water partition coefficient (Wildman–Crippen LogP) is 5.19. The van der Waals surface area contributed by atoms with Crippen LogP contribution in [-0.4, -0.2) is 29.6 Å². The zero-order valence-corrected chi connectivity index (χ0v) is 17.4. The van der Waals surface area contributed by atoms with Crippen molar-refractivity contribution in [3.63, 3.8) is 0 Å². The van der Waals surface area contributed by atoms with E-state index in [0.717, 1.165) is 26.3 Å². The van der Waals surface area contributed by atoms with E-state index in [-0.39, 0.29) is 18.1 Å². The Kier molecular flexibility index (Phi) is 4.88. The Hall–Kier alpha value is -2.39. The highest BCUT2D eigenvalue weighted by Crippen LogP contribution is 2.34. The van der Waals surface area contributed by atoms with E-state index >= 15 is 0 Å². The van der Waals surface area contributed by atoms with Crippen LogP contribution in [0.2, 0.25) is 0 Å². The Morgan fingerprint density at radius 2 is 2.00 bits per heavy atom. The summed E-state index contributed by atoms with van der Waals surface area (Å²) < 4.78 is 6.27. The number of thiazole rings is 1. The lowest BCUT2D eigenvalue weighted by Crippen LogP contribution is -2.26. The summed E-state index contributed by atoms with van der Waals surface area (Å²) in [4.78, 5) is 6.45. The number of nitrogens with one attached hydrogen (secondary N) is 1. The maximum Gasteiger partial charge on any atom is 0.139 e. The number of aromatic nitrogens is 1. The third-order valence-electron chi connectivity index (χ3n) is 4.33. The minimum Gasteiger partial charge on any atom is -0.510 e. The number of halogens is 1. The maximum absolute atomic E-state index is 10.5. The molecule has 5 nitrogen and oxygen atoms in total. The van der Waals surface area contributed by atoms with Crippen molar-refractivity contribution in [2.45, 2.75) is 0 Å². The van der Waals surface area contributed by atoms with Gasteiger partial charge in [0.1, 0.15) is 22.4 Å². The van der Waals surface area contributed by atoms with Crippen molar-refractivity contribution in [3.8, 4) is 17.0 Å². The van der Waals surface area contributed by atoms with Crippen molar-refractivity contribution in [2.24, 2.45) is 0 Å². The molecule has 27 heavy (non-hydrogen) atoms. The Labute approximate surface area is 174 Å². The number of hydrogen-bond acceptors (Lipinski definition) is 5. The van der Waals surface area contributed by atoms with E-state index in [0.29, 0.717) is 10.6 Å². The van der Waals surface area contributed by atoms with Crippen molar-refractivity contribution in [3.05, 3.63) is 68.2 Å². The highest BCUT2D eigenvalue weighted by Gasteiger charge is 2.31. The first-order chi connectivity index (χ1) is 13.1. The molecule has 0 atom stereocenters. The number of anilines is 1. The molecular formula is C20H16IN3O2S. The maximum atomic E-state index is 10.5. The van der Waals surface area contributed by atoms with E-state index in [4.69, 9.17) is 10.1 Å². The molecule has 0 spiro atoms. The molecular weight excluding hydrogens is 473 g/mol. The number of methoxy groups -OCH3 is 1. The van der Waals surface area contributed by atoms with Crippen LogP contribution in [0.15, 0.2) is 59.7 Å². The van der Waals surface area contributed by atoms with E-state index in [9.17, 15) is 5.11 Å². The molecule has 0 bridgehead atoms. The molecule has 2 N–H and O–H groups in total. The molecule has 0 amide bonds. The SMILES string of the molecule is COc1ccc(-c2csc(C3=C(O)CN(c4cccc(I)c4)C3=N)n2)cc1. The lowest BCUT2D eigenvalue weighted by Gasteiger charge is -2.18. The van der Waals surface area contributed by atoms with E-state index in [1.807, 2.05) is 53.9 Å². The van der Waals surface area contributed by atoms with Crippen LogP contribution in [0.3, 0.4) is 0 Å². The molecule has 2 heterocycles. The molecule has 1 aromatic heterocycles. The summed E-state index contributed by atoms with van der Waals surface area (Å²) in [7, 11) is 1.64. The number of rotatable bonds is 4. The van der Waals surface area contributed by atoms with Gasteiger partial charge in [-0.3, -0.25) is 5.41 Å². The summed E-state index contributed by atoms with van der Waals surface area (Å²) in [6.07, 6.45) is 0. The highest BCUT2D eigenvalue weighted by molar-refractivity contribution is 14.1. The van der Waals surface area contributed by atoms with Gasteiger partial charge in [-0.15, -0.1) is 11.3 Å². The summed E-state index contributed by atoms with van der Waals surface area (Å²) in [6.45, 7) is 0.283. The third-order valence-corrected chi connectivity index (χ3v) is 5.86. The van der Waals surface area contributed by atoms with Crippen LogP contribution in [0.5, 0.6) is 5.75 Å². The Bertz CT molecular complexity index is 1040. The first kappa shape index (κ1) is 18.0. The van der Waals surface area contributed by atoms with Crippen LogP contribution >= 0.6 is 33.9 Å². The molecule has 136 valence electrons. The standard InChI is InChI=1S/C20H16IN3O2S/c1-26-15-7-5-12(6-8-15)16-11-27-20(23-16)18-17(25)10-24(19(18)22)14-4-2-3-13(21)9-14/h2-9,11,22,25H,10H2,1H3. The number of aliphatic hydroxyl groups is 1. The van der Waals surface area contributed by atoms with Gasteiger partial charge in [0.15, 0.2) is 0 Å². The monoisotopic (exact) mass is 489 g/mol. The van der Waals surface area contributed by atoms with E-state index in [2.05, 4.69) is 27.6 Å². The van der Waals surface area contributed by atoms with E-state index in [1.165, 1.54) is 11.3 Å². The normalized spacial score (nSPS) is 14.1. The van der Waals surface area contributed by atoms with Gasteiger partial charge < -0.3 is 14.7 Å². The van der Waals surface area contributed by atoms with Gasteiger partial charge in [0.05, 0.1) is 24.9 Å². The predicted molar refractivity (Wildman–Crippen MR) is 118 cm³/mol. The van der Waals surface area contributed by atoms with Gasteiger partial charge in [-0.05, 0) is 65.1 Å². The van der Waals surface area contributed by atoms with Gasteiger partial charge in [-0.25, -0.2) is 4.98 Å². The molecule has 7 heteroatoms. The molecule has 0 unspecified atom stereocenters. The average molecular weight is 489 g/mol. The number of ether oxygens (including phenoxy) is 1. The summed E-state index contributed by atoms with van der Waals surface area (Å²) >= 11 is 3.67. The largest absolute Gasteiger partial charge is 0.510 e. The van der Waals surface area contributed by atoms with Crippen molar-refractivity contribution >= 4 is 51.0 Å². The second-order valence-corrected chi connectivity index (χ2v) is 8.11. The van der Waals surface area contributed by atoms with Crippen LogP contribution in [0, 0.1) is 8.98 Å². The fraction of sp³-hybridized carbons (Fsp3) is 0.100. The van der Waals surface area contributed by atoms with Crippen LogP contribution in [0.1, 0.15) is 5.01 Å². The number of nitrogens with zero attached hydrogens (tertiary/aromatic N) is 2. The smallest absolute Gasteiger partial charge is 0.139 e. The summed E-state index contributed by atoms with van der Waals surface area (Å²) in [5.74, 6) is 1.24. The summed E-state index contributed by atoms with van der Waals surface area (Å²) in [5.41, 5.74) is 3.18. The first-order valence-corrected chi connectivity index (χ1v) is 10.2. The minimum absolute atomic E-state index is 0.175. The molecule has 0 aliphatic carbocycles. The van der Waals surface area contributed by atoms with Crippen LogP contribution in [0.25, 0.3) is 16.8 Å². The number of aliphatic hydroxyl groups excluding tert-OH is 1. The number of benzene rings is 2. The zero-order chi connectivity index (χ0) is 19.0. The zero-order valence-electron chi connectivity index (χ0n) is 14.4. The first-order valence-electron chi connectivity index (χ1n) is 8.21. The second-order valence-electron chi connectivity index (χ2n) is 6.00. The highest BCUT2D eigenvalue weighted by atomic mass is 127. The average Bonchev–Trinajstić information content (AvgIpc) is 3.26. The molecule has 1 aliphatic heterocycles. The van der Waals surface area contributed by atoms with Gasteiger partial charge in [-0.1, -0.05) is 6.07 Å². The van der Waals surface area contributed by atoms with Gasteiger partial charge in [0.25, 0.3) is 0 Å². The van der Waals surface area contributed by atoms with Gasteiger partial charge in [0, 0.05) is 20.2 Å². The van der Waals surface area contributed by atoms with Crippen LogP contribution in [-0.2, 0) is 0 Å². The summed E-state index contributed by atoms with van der Waals surface area (Å²) in [6, 6.07) is 15.6.